The first-order valence-electron chi connectivity index (χ1n) is 4.52. The van der Waals surface area contributed by atoms with Crippen LogP contribution in [0.25, 0.3) is 0 Å². The van der Waals surface area contributed by atoms with Crippen molar-refractivity contribution in [3.63, 3.8) is 0 Å². The molecule has 0 radical (unpaired) electrons. The molecule has 0 aliphatic heterocycles. The lowest BCUT2D eigenvalue weighted by atomic mass is 10.00. The predicted molar refractivity (Wildman–Crippen MR) is 58.3 cm³/mol. The number of nitrogen functional groups attached to an aromatic ring is 1. The smallest absolute Gasteiger partial charge is 0.340 e. The normalized spacial score (nSPS) is 9.94. The minimum atomic E-state index is -0.665. The van der Waals surface area contributed by atoms with Crippen molar-refractivity contribution in [1.82, 2.24) is 0 Å². The molecule has 86 valence electrons. The number of hydrogen-bond acceptors (Lipinski definition) is 5. The SMILES string of the molecule is COC(=O)c1c(C)c(C)cc([N+](=O)[O-])c1N. The number of rotatable bonds is 2. The highest BCUT2D eigenvalue weighted by Gasteiger charge is 2.23. The molecule has 0 aliphatic carbocycles. The average molecular weight is 224 g/mol. The highest BCUT2D eigenvalue weighted by Crippen LogP contribution is 2.30. The number of benzene rings is 1. The molecule has 6 nitrogen and oxygen atoms in total. The van der Waals surface area contributed by atoms with Gasteiger partial charge in [0, 0.05) is 6.07 Å². The maximum atomic E-state index is 11.5. The van der Waals surface area contributed by atoms with Crippen molar-refractivity contribution in [1.29, 1.82) is 0 Å². The second-order valence-corrected chi connectivity index (χ2v) is 3.37. The Bertz CT molecular complexity index is 468. The van der Waals surface area contributed by atoms with Gasteiger partial charge in [0.2, 0.25) is 0 Å². The van der Waals surface area contributed by atoms with E-state index >= 15 is 0 Å². The van der Waals surface area contributed by atoms with Crippen molar-refractivity contribution in [3.05, 3.63) is 32.9 Å². The fourth-order valence-corrected chi connectivity index (χ4v) is 1.43. The number of nitro benzene ring substituents is 1. The van der Waals surface area contributed by atoms with Gasteiger partial charge in [-0.25, -0.2) is 4.79 Å². The third-order valence-corrected chi connectivity index (χ3v) is 2.45. The van der Waals surface area contributed by atoms with Crippen LogP contribution in [0.15, 0.2) is 6.07 Å². The maximum absolute atomic E-state index is 11.5. The van der Waals surface area contributed by atoms with Gasteiger partial charge in [0.25, 0.3) is 5.69 Å². The quantitative estimate of drug-likeness (QED) is 0.356. The lowest BCUT2D eigenvalue weighted by Gasteiger charge is -2.10. The third-order valence-electron chi connectivity index (χ3n) is 2.45. The zero-order valence-electron chi connectivity index (χ0n) is 9.23. The molecule has 0 heterocycles. The van der Waals surface area contributed by atoms with E-state index in [-0.39, 0.29) is 16.9 Å². The van der Waals surface area contributed by atoms with Gasteiger partial charge in [-0.05, 0) is 25.0 Å². The molecular formula is C10H12N2O4. The molecule has 0 saturated heterocycles. The zero-order valence-corrected chi connectivity index (χ0v) is 9.23. The van der Waals surface area contributed by atoms with Crippen molar-refractivity contribution < 1.29 is 14.5 Å². The molecule has 0 aromatic heterocycles. The monoisotopic (exact) mass is 224 g/mol. The largest absolute Gasteiger partial charge is 0.465 e. The van der Waals surface area contributed by atoms with E-state index < -0.39 is 10.9 Å². The molecule has 1 aromatic rings. The van der Waals surface area contributed by atoms with Crippen molar-refractivity contribution in [3.8, 4) is 0 Å². The fourth-order valence-electron chi connectivity index (χ4n) is 1.43. The Hall–Kier alpha value is -2.11. The van der Waals surface area contributed by atoms with Crippen LogP contribution in [0.1, 0.15) is 21.5 Å². The van der Waals surface area contributed by atoms with Crippen LogP contribution in [0.3, 0.4) is 0 Å². The Morgan fingerprint density at radius 3 is 2.50 bits per heavy atom. The number of nitrogens with zero attached hydrogens (tertiary/aromatic N) is 1. The van der Waals surface area contributed by atoms with Crippen LogP contribution >= 0.6 is 0 Å². The van der Waals surface area contributed by atoms with Gasteiger partial charge < -0.3 is 10.5 Å². The van der Waals surface area contributed by atoms with Gasteiger partial charge in [0.15, 0.2) is 0 Å². The fraction of sp³-hybridized carbons (Fsp3) is 0.300. The van der Waals surface area contributed by atoms with E-state index in [0.29, 0.717) is 11.1 Å². The number of nitrogens with two attached hydrogens (primary N) is 1. The molecule has 6 heteroatoms. The van der Waals surface area contributed by atoms with E-state index in [1.165, 1.54) is 13.2 Å². The van der Waals surface area contributed by atoms with Crippen molar-refractivity contribution in [2.75, 3.05) is 12.8 Å². The van der Waals surface area contributed by atoms with Crippen LogP contribution in [0.4, 0.5) is 11.4 Å². The number of nitro groups is 1. The van der Waals surface area contributed by atoms with E-state index in [1.807, 2.05) is 0 Å². The third kappa shape index (κ3) is 1.81. The number of hydrogen-bond donors (Lipinski definition) is 1. The second kappa shape index (κ2) is 4.18. The molecule has 0 saturated carbocycles. The van der Waals surface area contributed by atoms with Gasteiger partial charge in [-0.15, -0.1) is 0 Å². The van der Waals surface area contributed by atoms with Gasteiger partial charge in [0.1, 0.15) is 5.69 Å². The Balaban J connectivity index is 3.58. The van der Waals surface area contributed by atoms with E-state index in [0.717, 1.165) is 0 Å². The summed E-state index contributed by atoms with van der Waals surface area (Å²) < 4.78 is 4.55. The number of anilines is 1. The average Bonchev–Trinajstić information content (AvgIpc) is 2.22. The summed E-state index contributed by atoms with van der Waals surface area (Å²) in [5.41, 5.74) is 6.44. The molecule has 0 unspecified atom stereocenters. The van der Waals surface area contributed by atoms with Crippen LogP contribution in [-0.2, 0) is 4.74 Å². The van der Waals surface area contributed by atoms with Crippen molar-refractivity contribution in [2.24, 2.45) is 0 Å². The molecule has 1 aromatic carbocycles. The summed E-state index contributed by atoms with van der Waals surface area (Å²) in [4.78, 5) is 21.6. The summed E-state index contributed by atoms with van der Waals surface area (Å²) in [6.45, 7) is 3.34. The van der Waals surface area contributed by atoms with Crippen LogP contribution in [0, 0.1) is 24.0 Å². The number of methoxy groups -OCH3 is 1. The molecule has 0 spiro atoms. The van der Waals surface area contributed by atoms with Gasteiger partial charge in [-0.1, -0.05) is 0 Å². The molecular weight excluding hydrogens is 212 g/mol. The standard InChI is InChI=1S/C10H12N2O4/c1-5-4-7(12(14)15)9(11)8(6(5)2)10(13)16-3/h4H,11H2,1-3H3. The van der Waals surface area contributed by atoms with E-state index in [9.17, 15) is 14.9 Å². The number of carbonyl (C=O) groups excluding carboxylic acids is 1. The Morgan fingerprint density at radius 1 is 1.50 bits per heavy atom. The van der Waals surface area contributed by atoms with Gasteiger partial charge in [-0.2, -0.15) is 0 Å². The van der Waals surface area contributed by atoms with E-state index in [4.69, 9.17) is 5.73 Å². The highest BCUT2D eigenvalue weighted by atomic mass is 16.6. The number of carbonyl (C=O) groups is 1. The molecule has 0 bridgehead atoms. The zero-order chi connectivity index (χ0) is 12.5. The van der Waals surface area contributed by atoms with Crippen LogP contribution in [0.2, 0.25) is 0 Å². The molecule has 0 amide bonds. The topological polar surface area (TPSA) is 95.5 Å². The minimum Gasteiger partial charge on any atom is -0.465 e. The van der Waals surface area contributed by atoms with Gasteiger partial charge in [-0.3, -0.25) is 10.1 Å². The first-order chi connectivity index (χ1) is 7.40. The van der Waals surface area contributed by atoms with Crippen molar-refractivity contribution in [2.45, 2.75) is 13.8 Å². The Morgan fingerprint density at radius 2 is 2.06 bits per heavy atom. The summed E-state index contributed by atoms with van der Waals surface area (Å²) in [6, 6.07) is 1.34. The highest BCUT2D eigenvalue weighted by molar-refractivity contribution is 5.99. The molecule has 16 heavy (non-hydrogen) atoms. The summed E-state index contributed by atoms with van der Waals surface area (Å²) in [7, 11) is 1.20. The summed E-state index contributed by atoms with van der Waals surface area (Å²) in [5, 5.41) is 10.7. The van der Waals surface area contributed by atoms with Crippen molar-refractivity contribution >= 4 is 17.3 Å². The second-order valence-electron chi connectivity index (χ2n) is 3.37. The van der Waals surface area contributed by atoms with Crippen LogP contribution in [-0.4, -0.2) is 18.0 Å². The van der Waals surface area contributed by atoms with Crippen LogP contribution in [0.5, 0.6) is 0 Å². The summed E-state index contributed by atoms with van der Waals surface area (Å²) in [5.74, 6) is -0.665. The first-order valence-corrected chi connectivity index (χ1v) is 4.52. The lowest BCUT2D eigenvalue weighted by molar-refractivity contribution is -0.384. The Labute approximate surface area is 92.2 Å². The summed E-state index contributed by atoms with van der Waals surface area (Å²) >= 11 is 0. The van der Waals surface area contributed by atoms with Gasteiger partial charge in [0.05, 0.1) is 17.6 Å². The molecule has 0 fully saturated rings. The molecule has 0 aliphatic rings. The minimum absolute atomic E-state index is 0.0641. The van der Waals surface area contributed by atoms with E-state index in [2.05, 4.69) is 4.74 Å². The predicted octanol–water partition coefficient (Wildman–Crippen LogP) is 1.58. The number of ether oxygens (including phenoxy) is 1. The summed E-state index contributed by atoms with van der Waals surface area (Å²) in [6.07, 6.45) is 0. The lowest BCUT2D eigenvalue weighted by Crippen LogP contribution is -2.11. The molecule has 1 rings (SSSR count). The maximum Gasteiger partial charge on any atom is 0.340 e. The number of aryl methyl sites for hydroxylation is 1. The van der Waals surface area contributed by atoms with Crippen LogP contribution < -0.4 is 5.73 Å². The van der Waals surface area contributed by atoms with Gasteiger partial charge >= 0.3 is 5.97 Å². The van der Waals surface area contributed by atoms with E-state index in [1.54, 1.807) is 13.8 Å². The first kappa shape index (κ1) is 12.0. The molecule has 2 N–H and O–H groups in total. The number of esters is 1. The molecule has 0 atom stereocenters. The Kier molecular flexibility index (Phi) is 3.12.